The van der Waals surface area contributed by atoms with Crippen molar-refractivity contribution in [2.45, 2.75) is 13.8 Å². The van der Waals surface area contributed by atoms with Crippen molar-refractivity contribution in [3.63, 3.8) is 0 Å². The van der Waals surface area contributed by atoms with Gasteiger partial charge >= 0.3 is 0 Å². The third-order valence-electron chi connectivity index (χ3n) is 2.64. The zero-order valence-electron chi connectivity index (χ0n) is 10.5. The first-order chi connectivity index (χ1) is 9.01. The van der Waals surface area contributed by atoms with Crippen LogP contribution in [0.1, 0.15) is 16.8 Å². The molecule has 0 aliphatic rings. The van der Waals surface area contributed by atoms with Gasteiger partial charge < -0.3 is 5.32 Å². The number of nitrogens with zero attached hydrogens (tertiary/aromatic N) is 2. The van der Waals surface area contributed by atoms with Gasteiger partial charge in [-0.25, -0.2) is 13.8 Å². The molecule has 0 saturated carbocycles. The number of aryl methyl sites for hydroxylation is 2. The summed E-state index contributed by atoms with van der Waals surface area (Å²) in [5.74, 6) is -0.942. The molecule has 2 rings (SSSR count). The summed E-state index contributed by atoms with van der Waals surface area (Å²) < 4.78 is 26.7. The fourth-order valence-corrected chi connectivity index (χ4v) is 1.79. The Morgan fingerprint density at radius 1 is 1.21 bits per heavy atom. The number of hydrogen-bond acceptors (Lipinski definition) is 3. The van der Waals surface area contributed by atoms with Gasteiger partial charge in [0, 0.05) is 11.8 Å². The summed E-state index contributed by atoms with van der Waals surface area (Å²) in [6.45, 7) is 3.53. The van der Waals surface area contributed by atoms with E-state index in [4.69, 9.17) is 5.26 Å². The van der Waals surface area contributed by atoms with Gasteiger partial charge in [-0.15, -0.1) is 0 Å². The van der Waals surface area contributed by atoms with Crippen LogP contribution in [0, 0.1) is 36.8 Å². The molecule has 2 aromatic rings. The first-order valence-electron chi connectivity index (χ1n) is 5.61. The fourth-order valence-electron chi connectivity index (χ4n) is 1.79. The molecule has 5 heteroatoms. The largest absolute Gasteiger partial charge is 0.337 e. The Kier molecular flexibility index (Phi) is 3.43. The van der Waals surface area contributed by atoms with E-state index < -0.39 is 11.6 Å². The average molecular weight is 259 g/mol. The number of hydrogen-bond donors (Lipinski definition) is 1. The highest BCUT2D eigenvalue weighted by Crippen LogP contribution is 2.24. The fraction of sp³-hybridized carbons (Fsp3) is 0.143. The molecule has 0 spiro atoms. The Labute approximate surface area is 109 Å². The number of nitriles is 1. The lowest BCUT2D eigenvalue weighted by atomic mass is 10.1. The van der Waals surface area contributed by atoms with Gasteiger partial charge in [0.05, 0.1) is 11.3 Å². The van der Waals surface area contributed by atoms with Gasteiger partial charge in [0.25, 0.3) is 0 Å². The molecule has 1 aromatic heterocycles. The van der Waals surface area contributed by atoms with Crippen molar-refractivity contribution < 1.29 is 8.78 Å². The lowest BCUT2D eigenvalue weighted by Gasteiger charge is -2.11. The maximum absolute atomic E-state index is 13.6. The lowest BCUT2D eigenvalue weighted by molar-refractivity contribution is 0.603. The predicted octanol–water partition coefficient (Wildman–Crippen LogP) is 3.59. The first kappa shape index (κ1) is 13.0. The summed E-state index contributed by atoms with van der Waals surface area (Å²) in [6, 6.07) is 6.83. The van der Waals surface area contributed by atoms with Gasteiger partial charge in [-0.2, -0.15) is 5.26 Å². The van der Waals surface area contributed by atoms with Gasteiger partial charge in [0.15, 0.2) is 0 Å². The van der Waals surface area contributed by atoms with E-state index in [-0.39, 0.29) is 11.5 Å². The normalized spacial score (nSPS) is 10.1. The molecule has 96 valence electrons. The molecule has 0 aliphatic heterocycles. The number of rotatable bonds is 2. The van der Waals surface area contributed by atoms with Crippen LogP contribution in [-0.2, 0) is 0 Å². The minimum Gasteiger partial charge on any atom is -0.337 e. The number of pyridine rings is 1. The summed E-state index contributed by atoms with van der Waals surface area (Å²) in [4.78, 5) is 4.15. The molecule has 1 aromatic carbocycles. The molecular weight excluding hydrogens is 248 g/mol. The Balaban J connectivity index is 2.49. The molecule has 0 radical (unpaired) electrons. The molecule has 3 nitrogen and oxygen atoms in total. The average Bonchev–Trinajstić information content (AvgIpc) is 2.33. The predicted molar refractivity (Wildman–Crippen MR) is 68.1 cm³/mol. The molecule has 0 unspecified atom stereocenters. The van der Waals surface area contributed by atoms with Crippen molar-refractivity contribution >= 4 is 11.5 Å². The van der Waals surface area contributed by atoms with Crippen molar-refractivity contribution in [3.05, 3.63) is 52.7 Å². The Morgan fingerprint density at radius 3 is 2.63 bits per heavy atom. The van der Waals surface area contributed by atoms with Crippen LogP contribution >= 0.6 is 0 Å². The summed E-state index contributed by atoms with van der Waals surface area (Å²) in [5.41, 5.74) is 1.69. The zero-order chi connectivity index (χ0) is 14.0. The first-order valence-corrected chi connectivity index (χ1v) is 5.61. The van der Waals surface area contributed by atoms with Gasteiger partial charge in [-0.3, -0.25) is 0 Å². The van der Waals surface area contributed by atoms with Crippen LogP contribution in [0.5, 0.6) is 0 Å². The lowest BCUT2D eigenvalue weighted by Crippen LogP contribution is -2.02. The summed E-state index contributed by atoms with van der Waals surface area (Å²) >= 11 is 0. The molecule has 0 amide bonds. The van der Waals surface area contributed by atoms with Gasteiger partial charge in [0.1, 0.15) is 23.5 Å². The maximum atomic E-state index is 13.6. The second-order valence-electron chi connectivity index (χ2n) is 4.17. The SMILES string of the molecule is Cc1cc(C)c(C#N)c(Nc2cc(F)ccc2F)n1. The van der Waals surface area contributed by atoms with Crippen molar-refractivity contribution in [2.24, 2.45) is 0 Å². The second-order valence-corrected chi connectivity index (χ2v) is 4.17. The van der Waals surface area contributed by atoms with Crippen molar-refractivity contribution in [1.29, 1.82) is 5.26 Å². The molecule has 0 atom stereocenters. The van der Waals surface area contributed by atoms with E-state index in [1.807, 2.05) is 6.07 Å². The molecule has 19 heavy (non-hydrogen) atoms. The van der Waals surface area contributed by atoms with Crippen LogP contribution in [0.3, 0.4) is 0 Å². The number of benzene rings is 1. The quantitative estimate of drug-likeness (QED) is 0.896. The van der Waals surface area contributed by atoms with Crippen LogP contribution in [0.25, 0.3) is 0 Å². The van der Waals surface area contributed by atoms with E-state index in [0.717, 1.165) is 23.8 Å². The van der Waals surface area contributed by atoms with E-state index in [1.54, 1.807) is 19.9 Å². The van der Waals surface area contributed by atoms with Crippen molar-refractivity contribution in [3.8, 4) is 6.07 Å². The number of aromatic nitrogens is 1. The van der Waals surface area contributed by atoms with E-state index >= 15 is 0 Å². The van der Waals surface area contributed by atoms with Crippen LogP contribution in [0.2, 0.25) is 0 Å². The van der Waals surface area contributed by atoms with Crippen molar-refractivity contribution in [1.82, 2.24) is 4.98 Å². The summed E-state index contributed by atoms with van der Waals surface area (Å²) in [7, 11) is 0. The highest BCUT2D eigenvalue weighted by Gasteiger charge is 2.11. The monoisotopic (exact) mass is 259 g/mol. The van der Waals surface area contributed by atoms with Crippen LogP contribution < -0.4 is 5.32 Å². The highest BCUT2D eigenvalue weighted by molar-refractivity contribution is 5.65. The highest BCUT2D eigenvalue weighted by atomic mass is 19.1. The summed E-state index contributed by atoms with van der Waals surface area (Å²) in [6.07, 6.45) is 0. The topological polar surface area (TPSA) is 48.7 Å². The molecule has 0 aliphatic carbocycles. The Bertz CT molecular complexity index is 675. The van der Waals surface area contributed by atoms with E-state index in [2.05, 4.69) is 10.3 Å². The molecule has 0 saturated heterocycles. The minimum atomic E-state index is -0.605. The molecule has 1 heterocycles. The van der Waals surface area contributed by atoms with E-state index in [1.165, 1.54) is 0 Å². The van der Waals surface area contributed by atoms with Gasteiger partial charge in [0.2, 0.25) is 0 Å². The van der Waals surface area contributed by atoms with Gasteiger partial charge in [-0.05, 0) is 37.6 Å². The third kappa shape index (κ3) is 2.68. The number of anilines is 2. The van der Waals surface area contributed by atoms with Crippen molar-refractivity contribution in [2.75, 3.05) is 5.32 Å². The number of halogens is 2. The van der Waals surface area contributed by atoms with Crippen LogP contribution in [0.4, 0.5) is 20.3 Å². The van der Waals surface area contributed by atoms with E-state index in [9.17, 15) is 8.78 Å². The molecule has 0 fully saturated rings. The Hall–Kier alpha value is -2.48. The zero-order valence-corrected chi connectivity index (χ0v) is 10.5. The van der Waals surface area contributed by atoms with Crippen LogP contribution in [0.15, 0.2) is 24.3 Å². The standard InChI is InChI=1S/C14H11F2N3/c1-8-5-9(2)18-14(11(8)7-17)19-13-6-10(15)3-4-12(13)16/h3-6H,1-2H3,(H,18,19). The number of nitrogens with one attached hydrogen (secondary N) is 1. The van der Waals surface area contributed by atoms with E-state index in [0.29, 0.717) is 11.3 Å². The van der Waals surface area contributed by atoms with Crippen LogP contribution in [-0.4, -0.2) is 4.98 Å². The maximum Gasteiger partial charge on any atom is 0.148 e. The smallest absolute Gasteiger partial charge is 0.148 e. The molecule has 0 bridgehead atoms. The molecular formula is C14H11F2N3. The Morgan fingerprint density at radius 2 is 1.95 bits per heavy atom. The van der Waals surface area contributed by atoms with Gasteiger partial charge in [-0.1, -0.05) is 0 Å². The second kappa shape index (κ2) is 5.02. The third-order valence-corrected chi connectivity index (χ3v) is 2.64. The summed E-state index contributed by atoms with van der Waals surface area (Å²) in [5, 5.41) is 11.8. The minimum absolute atomic E-state index is 0.0472. The molecule has 1 N–H and O–H groups in total.